The molecule has 0 aliphatic rings. The molecule has 1 unspecified atom stereocenters. The van der Waals surface area contributed by atoms with E-state index in [2.05, 4.69) is 5.32 Å². The van der Waals surface area contributed by atoms with Gasteiger partial charge in [0.05, 0.1) is 0 Å². The van der Waals surface area contributed by atoms with Crippen molar-refractivity contribution in [3.05, 3.63) is 29.8 Å². The first-order valence-corrected chi connectivity index (χ1v) is 7.17. The first-order valence-electron chi connectivity index (χ1n) is 5.11. The lowest BCUT2D eigenvalue weighted by Crippen LogP contribution is -2.21. The number of carbonyl (C=O) groups is 1. The normalized spacial score (nSPS) is 12.4. The number of rotatable bonds is 4. The predicted octanol–water partition coefficient (Wildman–Crippen LogP) is 1.11. The van der Waals surface area contributed by atoms with E-state index in [0.717, 1.165) is 11.8 Å². The van der Waals surface area contributed by atoms with Gasteiger partial charge in [-0.3, -0.25) is 4.79 Å². The fourth-order valence-corrected chi connectivity index (χ4v) is 1.85. The first kappa shape index (κ1) is 16.9. The minimum Gasteiger partial charge on any atom is -0.325 e. The zero-order valence-electron chi connectivity index (χ0n) is 10.2. The monoisotopic (exact) mass is 292 g/mol. The molecule has 0 bridgehead atoms. The second kappa shape index (κ2) is 6.72. The van der Waals surface area contributed by atoms with Crippen molar-refractivity contribution >= 4 is 33.8 Å². The average Bonchev–Trinajstić information content (AvgIpc) is 2.15. The van der Waals surface area contributed by atoms with Gasteiger partial charge in [0.25, 0.3) is 0 Å². The maximum atomic E-state index is 11.3. The number of carbonyl (C=O) groups excluding carboxylic acids is 1. The molecule has 1 atom stereocenters. The van der Waals surface area contributed by atoms with Gasteiger partial charge in [-0.15, -0.1) is 12.4 Å². The van der Waals surface area contributed by atoms with Gasteiger partial charge in [0.2, 0.25) is 5.91 Å². The first-order chi connectivity index (χ1) is 7.78. The van der Waals surface area contributed by atoms with E-state index in [9.17, 15) is 13.2 Å². The van der Waals surface area contributed by atoms with Crippen LogP contribution in [0.25, 0.3) is 0 Å². The van der Waals surface area contributed by atoms with Crippen molar-refractivity contribution in [3.63, 3.8) is 0 Å². The van der Waals surface area contributed by atoms with Crippen molar-refractivity contribution in [1.82, 2.24) is 0 Å². The lowest BCUT2D eigenvalue weighted by molar-refractivity contribution is -0.113. The minimum atomic E-state index is -3.30. The summed E-state index contributed by atoms with van der Waals surface area (Å²) in [5.41, 5.74) is 7.19. The van der Waals surface area contributed by atoms with Crippen molar-refractivity contribution in [2.45, 2.75) is 13.0 Å². The molecule has 0 radical (unpaired) electrons. The summed E-state index contributed by atoms with van der Waals surface area (Å²) in [4.78, 5) is 11.3. The van der Waals surface area contributed by atoms with Gasteiger partial charge < -0.3 is 11.1 Å². The van der Waals surface area contributed by atoms with Gasteiger partial charge in [-0.05, 0) is 24.6 Å². The zero-order chi connectivity index (χ0) is 13.1. The van der Waals surface area contributed by atoms with Gasteiger partial charge in [-0.1, -0.05) is 12.1 Å². The quantitative estimate of drug-likeness (QED) is 0.870. The van der Waals surface area contributed by atoms with Gasteiger partial charge in [0, 0.05) is 18.0 Å². The van der Waals surface area contributed by atoms with E-state index in [0.29, 0.717) is 5.69 Å². The van der Waals surface area contributed by atoms with Crippen molar-refractivity contribution in [2.24, 2.45) is 5.73 Å². The molecule has 0 spiro atoms. The molecule has 1 amide bonds. The fraction of sp³-hybridized carbons (Fsp3) is 0.364. The van der Waals surface area contributed by atoms with Crippen LogP contribution in [0.5, 0.6) is 0 Å². The summed E-state index contributed by atoms with van der Waals surface area (Å²) in [6.45, 7) is 1.86. The Hall–Kier alpha value is -1.11. The van der Waals surface area contributed by atoms with E-state index < -0.39 is 21.5 Å². The molecule has 0 aromatic heterocycles. The van der Waals surface area contributed by atoms with E-state index in [1.54, 1.807) is 24.3 Å². The largest absolute Gasteiger partial charge is 0.325 e. The van der Waals surface area contributed by atoms with Crippen LogP contribution in [0.4, 0.5) is 5.69 Å². The fourth-order valence-electron chi connectivity index (χ4n) is 1.31. The van der Waals surface area contributed by atoms with Crippen molar-refractivity contribution in [1.29, 1.82) is 0 Å². The van der Waals surface area contributed by atoms with Crippen LogP contribution in [0.1, 0.15) is 18.5 Å². The highest BCUT2D eigenvalue weighted by molar-refractivity contribution is 7.91. The highest BCUT2D eigenvalue weighted by atomic mass is 35.5. The molecular formula is C11H17ClN2O3S. The lowest BCUT2D eigenvalue weighted by Gasteiger charge is -2.08. The van der Waals surface area contributed by atoms with Crippen LogP contribution in [0.2, 0.25) is 0 Å². The number of anilines is 1. The number of hydrogen-bond acceptors (Lipinski definition) is 4. The maximum absolute atomic E-state index is 11.3. The molecule has 1 aromatic carbocycles. The van der Waals surface area contributed by atoms with Gasteiger partial charge in [0.15, 0.2) is 9.84 Å². The molecule has 0 saturated carbocycles. The van der Waals surface area contributed by atoms with Crippen LogP contribution in [0.3, 0.4) is 0 Å². The van der Waals surface area contributed by atoms with Gasteiger partial charge in [-0.25, -0.2) is 8.42 Å². The van der Waals surface area contributed by atoms with Gasteiger partial charge in [-0.2, -0.15) is 0 Å². The lowest BCUT2D eigenvalue weighted by atomic mass is 10.1. The third-order valence-electron chi connectivity index (χ3n) is 2.11. The third-order valence-corrected chi connectivity index (χ3v) is 2.90. The number of nitrogens with two attached hydrogens (primary N) is 1. The van der Waals surface area contributed by atoms with Crippen molar-refractivity contribution < 1.29 is 13.2 Å². The van der Waals surface area contributed by atoms with Crippen LogP contribution < -0.4 is 11.1 Å². The number of halogens is 1. The average molecular weight is 293 g/mol. The predicted molar refractivity (Wildman–Crippen MR) is 74.6 cm³/mol. The second-order valence-corrected chi connectivity index (χ2v) is 6.17. The summed E-state index contributed by atoms with van der Waals surface area (Å²) in [5.74, 6) is -1.05. The number of nitrogens with one attached hydrogen (secondary N) is 1. The highest BCUT2D eigenvalue weighted by Gasteiger charge is 2.10. The van der Waals surface area contributed by atoms with E-state index in [1.807, 2.05) is 6.92 Å². The van der Waals surface area contributed by atoms with Crippen LogP contribution in [0, 0.1) is 0 Å². The smallest absolute Gasteiger partial charge is 0.239 e. The SMILES string of the molecule is CC(N)c1ccc(NC(=O)CS(C)(=O)=O)cc1.Cl. The number of benzene rings is 1. The number of amides is 1. The topological polar surface area (TPSA) is 89.3 Å². The van der Waals surface area contributed by atoms with Crippen LogP contribution in [0.15, 0.2) is 24.3 Å². The van der Waals surface area contributed by atoms with Crippen LogP contribution >= 0.6 is 12.4 Å². The molecule has 0 aliphatic heterocycles. The highest BCUT2D eigenvalue weighted by Crippen LogP contribution is 2.14. The van der Waals surface area contributed by atoms with E-state index >= 15 is 0 Å². The molecule has 18 heavy (non-hydrogen) atoms. The van der Waals surface area contributed by atoms with Crippen LogP contribution in [-0.4, -0.2) is 26.3 Å². The van der Waals surface area contributed by atoms with Gasteiger partial charge >= 0.3 is 0 Å². The molecule has 0 fully saturated rings. The minimum absolute atomic E-state index is 0. The molecule has 5 nitrogen and oxygen atoms in total. The zero-order valence-corrected chi connectivity index (χ0v) is 11.8. The summed E-state index contributed by atoms with van der Waals surface area (Å²) in [5, 5.41) is 2.51. The van der Waals surface area contributed by atoms with Crippen LogP contribution in [-0.2, 0) is 14.6 Å². The summed E-state index contributed by atoms with van der Waals surface area (Å²) >= 11 is 0. The number of hydrogen-bond donors (Lipinski definition) is 2. The summed E-state index contributed by atoms with van der Waals surface area (Å²) in [7, 11) is -3.30. The molecule has 0 aliphatic carbocycles. The molecule has 7 heteroatoms. The Morgan fingerprint density at radius 1 is 1.33 bits per heavy atom. The Balaban J connectivity index is 0.00000289. The molecule has 0 saturated heterocycles. The molecule has 1 rings (SSSR count). The Morgan fingerprint density at radius 2 is 1.83 bits per heavy atom. The summed E-state index contributed by atoms with van der Waals surface area (Å²) in [6.07, 6.45) is 1.02. The Labute approximate surface area is 113 Å². The van der Waals surface area contributed by atoms with E-state index in [4.69, 9.17) is 5.73 Å². The molecule has 0 heterocycles. The molecular weight excluding hydrogens is 276 g/mol. The molecule has 3 N–H and O–H groups in total. The number of sulfone groups is 1. The van der Waals surface area contributed by atoms with E-state index in [-0.39, 0.29) is 18.4 Å². The van der Waals surface area contributed by atoms with Crippen molar-refractivity contribution in [3.8, 4) is 0 Å². The van der Waals surface area contributed by atoms with Gasteiger partial charge in [0.1, 0.15) is 5.75 Å². The standard InChI is InChI=1S/C11H16N2O3S.ClH/c1-8(12)9-3-5-10(6-4-9)13-11(14)7-17(2,15)16;/h3-6,8H,7,12H2,1-2H3,(H,13,14);1H. The molecule has 102 valence electrons. The Bertz CT molecular complexity index is 498. The van der Waals surface area contributed by atoms with E-state index in [1.165, 1.54) is 0 Å². The third kappa shape index (κ3) is 6.00. The summed E-state index contributed by atoms with van der Waals surface area (Å²) < 4.78 is 21.8. The molecule has 1 aromatic rings. The maximum Gasteiger partial charge on any atom is 0.239 e. The van der Waals surface area contributed by atoms with Crippen molar-refractivity contribution in [2.75, 3.05) is 17.3 Å². The summed E-state index contributed by atoms with van der Waals surface area (Å²) in [6, 6.07) is 6.90. The Morgan fingerprint density at radius 3 is 2.22 bits per heavy atom. The Kier molecular flexibility index (Phi) is 6.31. The second-order valence-electron chi connectivity index (χ2n) is 4.03.